The van der Waals surface area contributed by atoms with Gasteiger partial charge in [0.25, 0.3) is 20.2 Å². The Morgan fingerprint density at radius 3 is 1.40 bits per heavy atom. The quantitative estimate of drug-likeness (QED) is 0.383. The fourth-order valence-electron chi connectivity index (χ4n) is 0.884. The second-order valence-corrected chi connectivity index (χ2v) is 6.17. The van der Waals surface area contributed by atoms with Crippen molar-refractivity contribution in [2.45, 2.75) is 12.8 Å². The summed E-state index contributed by atoms with van der Waals surface area (Å²) in [6.07, 6.45) is 0.509. The number of hydrogen-bond donors (Lipinski definition) is 3. The van der Waals surface area contributed by atoms with Gasteiger partial charge in [0, 0.05) is 0 Å². The summed E-state index contributed by atoms with van der Waals surface area (Å²) in [5.41, 5.74) is 0. The van der Waals surface area contributed by atoms with Crippen LogP contribution in [0.5, 0.6) is 0 Å². The van der Waals surface area contributed by atoms with Gasteiger partial charge in [-0.1, -0.05) is 0 Å². The molecule has 0 unspecified atom stereocenters. The molecule has 9 heteroatoms. The highest BCUT2D eigenvalue weighted by Crippen LogP contribution is 1.88. The monoisotopic (exact) mass is 261 g/mol. The lowest BCUT2D eigenvalue weighted by Crippen LogP contribution is -2.21. The van der Waals surface area contributed by atoms with Crippen molar-refractivity contribution in [2.75, 3.05) is 24.6 Å². The van der Waals surface area contributed by atoms with E-state index in [1.54, 1.807) is 0 Å². The van der Waals surface area contributed by atoms with Gasteiger partial charge in [0.15, 0.2) is 0 Å². The molecular weight excluding hydrogens is 246 g/mol. The maximum absolute atomic E-state index is 10.3. The Morgan fingerprint density at radius 2 is 1.13 bits per heavy atom. The fraction of sp³-hybridized carbons (Fsp3) is 1.00. The standard InChI is InChI=1S/C6H15NO6S2/c8-14(9,10)5-1-3-7-4-2-6-15(11,12)13/h7H,1-6H2,(H,8,9,10)(H,11,12,13). The first-order chi connectivity index (χ1) is 6.71. The zero-order chi connectivity index (χ0) is 11.9. The zero-order valence-electron chi connectivity index (χ0n) is 8.09. The smallest absolute Gasteiger partial charge is 0.264 e. The number of hydrogen-bond acceptors (Lipinski definition) is 5. The molecule has 0 spiro atoms. The molecule has 0 aliphatic carbocycles. The van der Waals surface area contributed by atoms with Crippen molar-refractivity contribution >= 4 is 20.2 Å². The average molecular weight is 261 g/mol. The maximum Gasteiger partial charge on any atom is 0.264 e. The van der Waals surface area contributed by atoms with Crippen molar-refractivity contribution in [1.82, 2.24) is 5.32 Å². The van der Waals surface area contributed by atoms with Crippen molar-refractivity contribution in [3.05, 3.63) is 0 Å². The van der Waals surface area contributed by atoms with Crippen molar-refractivity contribution in [3.8, 4) is 0 Å². The highest BCUT2D eigenvalue weighted by Gasteiger charge is 2.04. The van der Waals surface area contributed by atoms with Crippen LogP contribution in [0.4, 0.5) is 0 Å². The first-order valence-corrected chi connectivity index (χ1v) is 7.53. The van der Waals surface area contributed by atoms with Gasteiger partial charge in [-0.2, -0.15) is 16.8 Å². The molecule has 0 aromatic rings. The molecule has 0 aromatic carbocycles. The van der Waals surface area contributed by atoms with Crippen molar-refractivity contribution in [3.63, 3.8) is 0 Å². The molecule has 0 bridgehead atoms. The predicted octanol–water partition coefficient (Wildman–Crippen LogP) is -0.868. The molecule has 0 radical (unpaired) electrons. The summed E-state index contributed by atoms with van der Waals surface area (Å²) < 4.78 is 57.8. The summed E-state index contributed by atoms with van der Waals surface area (Å²) in [4.78, 5) is 0. The Labute approximate surface area is 89.4 Å². The lowest BCUT2D eigenvalue weighted by molar-refractivity contribution is 0.479. The van der Waals surface area contributed by atoms with Crippen LogP contribution in [-0.4, -0.2) is 50.5 Å². The van der Waals surface area contributed by atoms with Crippen LogP contribution < -0.4 is 5.32 Å². The lowest BCUT2D eigenvalue weighted by Gasteiger charge is -2.02. The summed E-state index contributed by atoms with van der Waals surface area (Å²) in [6, 6.07) is 0. The highest BCUT2D eigenvalue weighted by molar-refractivity contribution is 7.86. The molecule has 0 saturated heterocycles. The van der Waals surface area contributed by atoms with E-state index in [1.807, 2.05) is 0 Å². The molecule has 0 aromatic heterocycles. The van der Waals surface area contributed by atoms with E-state index in [-0.39, 0.29) is 24.3 Å². The van der Waals surface area contributed by atoms with E-state index >= 15 is 0 Å². The van der Waals surface area contributed by atoms with Gasteiger partial charge in [-0.3, -0.25) is 9.11 Å². The van der Waals surface area contributed by atoms with Crippen LogP contribution in [0.15, 0.2) is 0 Å². The zero-order valence-corrected chi connectivity index (χ0v) is 9.72. The van der Waals surface area contributed by atoms with Crippen LogP contribution in [0.25, 0.3) is 0 Å². The van der Waals surface area contributed by atoms with E-state index < -0.39 is 20.2 Å². The van der Waals surface area contributed by atoms with E-state index in [0.29, 0.717) is 13.1 Å². The summed E-state index contributed by atoms with van der Waals surface area (Å²) in [7, 11) is -7.83. The molecule has 0 aliphatic heterocycles. The highest BCUT2D eigenvalue weighted by atomic mass is 32.2. The van der Waals surface area contributed by atoms with Gasteiger partial charge in [-0.25, -0.2) is 0 Å². The Hall–Kier alpha value is -0.220. The van der Waals surface area contributed by atoms with E-state index in [2.05, 4.69) is 5.32 Å². The van der Waals surface area contributed by atoms with E-state index in [0.717, 1.165) is 0 Å². The van der Waals surface area contributed by atoms with Gasteiger partial charge in [-0.15, -0.1) is 0 Å². The Morgan fingerprint density at radius 1 is 0.800 bits per heavy atom. The molecule has 0 fully saturated rings. The molecule has 15 heavy (non-hydrogen) atoms. The van der Waals surface area contributed by atoms with Gasteiger partial charge in [0.1, 0.15) is 0 Å². The third kappa shape index (κ3) is 13.8. The second kappa shape index (κ2) is 6.38. The normalized spacial score (nSPS) is 12.9. The molecule has 0 saturated carbocycles. The van der Waals surface area contributed by atoms with Crippen LogP contribution in [0, 0.1) is 0 Å². The minimum Gasteiger partial charge on any atom is -0.317 e. The molecule has 0 atom stereocenters. The van der Waals surface area contributed by atoms with Crippen LogP contribution >= 0.6 is 0 Å². The molecule has 0 rings (SSSR count). The van der Waals surface area contributed by atoms with Crippen molar-refractivity contribution in [1.29, 1.82) is 0 Å². The number of rotatable bonds is 8. The summed E-state index contributed by atoms with van der Waals surface area (Å²) in [5.74, 6) is -0.642. The minimum absolute atomic E-state index is 0.255. The molecule has 0 aliphatic rings. The van der Waals surface area contributed by atoms with Crippen LogP contribution in [0.1, 0.15) is 12.8 Å². The van der Waals surface area contributed by atoms with E-state index in [4.69, 9.17) is 9.11 Å². The van der Waals surface area contributed by atoms with Gasteiger partial charge >= 0.3 is 0 Å². The summed E-state index contributed by atoms with van der Waals surface area (Å²) >= 11 is 0. The first kappa shape index (κ1) is 14.8. The van der Waals surface area contributed by atoms with Crippen LogP contribution in [-0.2, 0) is 20.2 Å². The Kier molecular flexibility index (Phi) is 6.29. The van der Waals surface area contributed by atoms with Crippen LogP contribution in [0.3, 0.4) is 0 Å². The van der Waals surface area contributed by atoms with Gasteiger partial charge in [-0.05, 0) is 25.9 Å². The molecular formula is C6H15NO6S2. The number of nitrogens with one attached hydrogen (secondary N) is 1. The molecule has 7 nitrogen and oxygen atoms in total. The van der Waals surface area contributed by atoms with E-state index in [9.17, 15) is 16.8 Å². The maximum atomic E-state index is 10.3. The van der Waals surface area contributed by atoms with Crippen molar-refractivity contribution in [2.24, 2.45) is 0 Å². The average Bonchev–Trinajstić information content (AvgIpc) is 1.98. The molecule has 92 valence electrons. The third-order valence-corrected chi connectivity index (χ3v) is 3.12. The van der Waals surface area contributed by atoms with Gasteiger partial charge in [0.05, 0.1) is 11.5 Å². The summed E-state index contributed by atoms with van der Waals surface area (Å²) in [6.45, 7) is 0.733. The minimum atomic E-state index is -3.92. The molecule has 3 N–H and O–H groups in total. The van der Waals surface area contributed by atoms with Gasteiger partial charge in [0.2, 0.25) is 0 Å². The summed E-state index contributed by atoms with van der Waals surface area (Å²) in [5, 5.41) is 2.78. The molecule has 0 amide bonds. The topological polar surface area (TPSA) is 121 Å². The second-order valence-electron chi connectivity index (χ2n) is 3.03. The largest absolute Gasteiger partial charge is 0.317 e. The Balaban J connectivity index is 3.34. The predicted molar refractivity (Wildman–Crippen MR) is 54.9 cm³/mol. The lowest BCUT2D eigenvalue weighted by atomic mass is 10.4. The first-order valence-electron chi connectivity index (χ1n) is 4.32. The van der Waals surface area contributed by atoms with Gasteiger partial charge < -0.3 is 5.32 Å². The van der Waals surface area contributed by atoms with Crippen molar-refractivity contribution < 1.29 is 25.9 Å². The fourth-order valence-corrected chi connectivity index (χ4v) is 1.90. The SMILES string of the molecule is O=S(=O)(O)CCCNCCCS(=O)(=O)O. The van der Waals surface area contributed by atoms with Crippen LogP contribution in [0.2, 0.25) is 0 Å². The van der Waals surface area contributed by atoms with E-state index in [1.165, 1.54) is 0 Å². The third-order valence-electron chi connectivity index (χ3n) is 1.51. The Bertz CT molecular complexity index is 323. The molecule has 0 heterocycles.